The number of benzene rings is 1. The fourth-order valence-electron chi connectivity index (χ4n) is 2.20. The predicted molar refractivity (Wildman–Crippen MR) is 94.5 cm³/mol. The molecule has 2 rings (SSSR count). The summed E-state index contributed by atoms with van der Waals surface area (Å²) < 4.78 is 10.3. The van der Waals surface area contributed by atoms with Gasteiger partial charge in [-0.3, -0.25) is 0 Å². The molecule has 0 aliphatic heterocycles. The molecule has 3 N–H and O–H groups in total. The van der Waals surface area contributed by atoms with E-state index < -0.39 is 11.9 Å². The van der Waals surface area contributed by atoms with E-state index in [1.165, 1.54) is 0 Å². The molecule has 7 nitrogen and oxygen atoms in total. The van der Waals surface area contributed by atoms with Crippen molar-refractivity contribution in [2.45, 2.75) is 13.5 Å². The van der Waals surface area contributed by atoms with Crippen molar-refractivity contribution < 1.29 is 19.1 Å². The highest BCUT2D eigenvalue weighted by Crippen LogP contribution is 2.32. The van der Waals surface area contributed by atoms with E-state index in [0.717, 1.165) is 11.3 Å². The molecule has 0 radical (unpaired) electrons. The van der Waals surface area contributed by atoms with Crippen molar-refractivity contribution in [3.63, 3.8) is 0 Å². The number of nitrogens with two attached hydrogens (primary N) is 1. The number of nitrogens with zero attached hydrogens (tertiary/aromatic N) is 1. The molecule has 1 aromatic carbocycles. The molecule has 0 bridgehead atoms. The minimum Gasteiger partial charge on any atom is -0.462 e. The van der Waals surface area contributed by atoms with Gasteiger partial charge in [0.25, 0.3) is 0 Å². The first-order valence-corrected chi connectivity index (χ1v) is 8.27. The molecule has 0 unspecified atom stereocenters. The second-order valence-corrected chi connectivity index (χ2v) is 5.91. The second-order valence-electron chi connectivity index (χ2n) is 4.85. The van der Waals surface area contributed by atoms with E-state index in [-0.39, 0.29) is 34.2 Å². The van der Waals surface area contributed by atoms with Crippen molar-refractivity contribution >= 4 is 34.0 Å². The van der Waals surface area contributed by atoms with Crippen LogP contribution in [0.25, 0.3) is 0 Å². The van der Waals surface area contributed by atoms with E-state index in [1.807, 2.05) is 6.07 Å². The zero-order valence-corrected chi connectivity index (χ0v) is 14.6. The van der Waals surface area contributed by atoms with Crippen LogP contribution < -0.4 is 11.1 Å². The van der Waals surface area contributed by atoms with Gasteiger partial charge in [-0.05, 0) is 19.1 Å². The van der Waals surface area contributed by atoms with Gasteiger partial charge in [0.15, 0.2) is 0 Å². The van der Waals surface area contributed by atoms with Crippen molar-refractivity contribution in [3.8, 4) is 6.07 Å². The van der Waals surface area contributed by atoms with E-state index in [1.54, 1.807) is 38.2 Å². The van der Waals surface area contributed by atoms with Crippen LogP contribution in [0.1, 0.15) is 38.1 Å². The Morgan fingerprint density at radius 1 is 1.28 bits per heavy atom. The molecule has 25 heavy (non-hydrogen) atoms. The lowest BCUT2D eigenvalue weighted by Gasteiger charge is -2.09. The van der Waals surface area contributed by atoms with Crippen LogP contribution in [0.2, 0.25) is 0 Å². The van der Waals surface area contributed by atoms with Crippen molar-refractivity contribution in [1.82, 2.24) is 0 Å². The van der Waals surface area contributed by atoms with Gasteiger partial charge in [0, 0.05) is 18.3 Å². The van der Waals surface area contributed by atoms with E-state index in [2.05, 4.69) is 5.32 Å². The summed E-state index contributed by atoms with van der Waals surface area (Å²) in [5.74, 6) is -1.17. The van der Waals surface area contributed by atoms with Gasteiger partial charge >= 0.3 is 11.9 Å². The number of carbonyl (C=O) groups is 2. The first kappa shape index (κ1) is 18.3. The lowest BCUT2D eigenvalue weighted by atomic mass is 10.1. The number of rotatable bonds is 6. The molecular weight excluding hydrogens is 342 g/mol. The average molecular weight is 359 g/mol. The molecule has 130 valence electrons. The molecule has 1 heterocycles. The molecule has 2 aromatic rings. The van der Waals surface area contributed by atoms with Crippen molar-refractivity contribution in [3.05, 3.63) is 45.8 Å². The zero-order chi connectivity index (χ0) is 18.4. The van der Waals surface area contributed by atoms with Crippen molar-refractivity contribution in [2.75, 3.05) is 24.7 Å². The van der Waals surface area contributed by atoms with Gasteiger partial charge in [0.05, 0.1) is 17.7 Å². The van der Waals surface area contributed by atoms with Crippen LogP contribution in [-0.4, -0.2) is 25.6 Å². The number of nitriles is 1. The molecule has 0 spiro atoms. The van der Waals surface area contributed by atoms with Crippen LogP contribution in [0, 0.1) is 11.3 Å². The highest BCUT2D eigenvalue weighted by Gasteiger charge is 2.24. The topological polar surface area (TPSA) is 114 Å². The third-order valence-corrected chi connectivity index (χ3v) is 4.41. The maximum Gasteiger partial charge on any atom is 0.348 e. The summed E-state index contributed by atoms with van der Waals surface area (Å²) >= 11 is 0.946. The molecular formula is C17H17N3O4S. The largest absolute Gasteiger partial charge is 0.462 e. The Morgan fingerprint density at radius 2 is 2.00 bits per heavy atom. The van der Waals surface area contributed by atoms with Crippen LogP contribution in [0.4, 0.5) is 10.7 Å². The molecule has 0 aliphatic carbocycles. The predicted octanol–water partition coefficient (Wildman–Crippen LogP) is 2.78. The van der Waals surface area contributed by atoms with Gasteiger partial charge in [-0.1, -0.05) is 12.1 Å². The molecule has 0 saturated carbocycles. The van der Waals surface area contributed by atoms with E-state index in [4.69, 9.17) is 15.2 Å². The Hall–Kier alpha value is -3.05. The standard InChI is InChI=1S/C17H17N3O4S/c1-3-23-17(22)14-12(11(8-18)15(19)25-14)9-24-16(21)10-6-4-5-7-13(10)20-2/h4-7,20H,3,9,19H2,1-2H3. The lowest BCUT2D eigenvalue weighted by molar-refractivity contribution is 0.0453. The maximum absolute atomic E-state index is 12.3. The Morgan fingerprint density at radius 3 is 2.64 bits per heavy atom. The van der Waals surface area contributed by atoms with Crippen LogP contribution >= 0.6 is 11.3 Å². The lowest BCUT2D eigenvalue weighted by Crippen LogP contribution is -2.11. The monoisotopic (exact) mass is 359 g/mol. The Kier molecular flexibility index (Phi) is 5.98. The van der Waals surface area contributed by atoms with Gasteiger partial charge in [-0.2, -0.15) is 5.26 Å². The van der Waals surface area contributed by atoms with Gasteiger partial charge in [0.2, 0.25) is 0 Å². The SMILES string of the molecule is CCOC(=O)c1sc(N)c(C#N)c1COC(=O)c1ccccc1NC. The van der Waals surface area contributed by atoms with Crippen LogP contribution in [0.15, 0.2) is 24.3 Å². The van der Waals surface area contributed by atoms with Crippen LogP contribution in [0.5, 0.6) is 0 Å². The van der Waals surface area contributed by atoms with Gasteiger partial charge in [-0.25, -0.2) is 9.59 Å². The Balaban J connectivity index is 2.26. The summed E-state index contributed by atoms with van der Waals surface area (Å²) in [6.45, 7) is 1.61. The number of carbonyl (C=O) groups excluding carboxylic acids is 2. The normalized spacial score (nSPS) is 9.96. The minimum atomic E-state index is -0.595. The number of anilines is 2. The third-order valence-electron chi connectivity index (χ3n) is 3.37. The first-order valence-electron chi connectivity index (χ1n) is 7.45. The molecule has 8 heteroatoms. The summed E-state index contributed by atoms with van der Waals surface area (Å²) in [4.78, 5) is 24.5. The number of hydrogen-bond acceptors (Lipinski definition) is 8. The summed E-state index contributed by atoms with van der Waals surface area (Å²) in [6, 6.07) is 8.80. The van der Waals surface area contributed by atoms with Crippen molar-refractivity contribution in [2.24, 2.45) is 0 Å². The smallest absolute Gasteiger partial charge is 0.348 e. The molecule has 0 saturated heterocycles. The Labute approximate surface area is 149 Å². The van der Waals surface area contributed by atoms with Gasteiger partial charge < -0.3 is 20.5 Å². The number of nitrogens with one attached hydrogen (secondary N) is 1. The van der Waals surface area contributed by atoms with E-state index in [9.17, 15) is 14.9 Å². The summed E-state index contributed by atoms with van der Waals surface area (Å²) in [6.07, 6.45) is 0. The minimum absolute atomic E-state index is 0.128. The summed E-state index contributed by atoms with van der Waals surface area (Å²) in [5.41, 5.74) is 7.14. The third kappa shape index (κ3) is 3.89. The maximum atomic E-state index is 12.3. The number of para-hydroxylation sites is 1. The Bertz CT molecular complexity index is 839. The van der Waals surface area contributed by atoms with E-state index in [0.29, 0.717) is 11.3 Å². The fourth-order valence-corrected chi connectivity index (χ4v) is 3.12. The fraction of sp³-hybridized carbons (Fsp3) is 0.235. The molecule has 0 fully saturated rings. The van der Waals surface area contributed by atoms with Crippen LogP contribution in [-0.2, 0) is 16.1 Å². The average Bonchev–Trinajstić information content (AvgIpc) is 2.95. The summed E-state index contributed by atoms with van der Waals surface area (Å²) in [7, 11) is 1.69. The first-order chi connectivity index (χ1) is 12.0. The van der Waals surface area contributed by atoms with Gasteiger partial charge in [0.1, 0.15) is 22.6 Å². The highest BCUT2D eigenvalue weighted by molar-refractivity contribution is 7.18. The number of esters is 2. The molecule has 0 atom stereocenters. The number of nitrogen functional groups attached to an aromatic ring is 1. The molecule has 0 aliphatic rings. The van der Waals surface area contributed by atoms with E-state index >= 15 is 0 Å². The molecule has 1 aromatic heterocycles. The number of ether oxygens (including phenoxy) is 2. The number of thiophene rings is 1. The van der Waals surface area contributed by atoms with Crippen molar-refractivity contribution in [1.29, 1.82) is 5.26 Å². The second kappa shape index (κ2) is 8.17. The van der Waals surface area contributed by atoms with Crippen LogP contribution in [0.3, 0.4) is 0 Å². The number of hydrogen-bond donors (Lipinski definition) is 2. The zero-order valence-electron chi connectivity index (χ0n) is 13.8. The summed E-state index contributed by atoms with van der Waals surface area (Å²) in [5, 5.41) is 12.4. The quantitative estimate of drug-likeness (QED) is 0.762. The highest BCUT2D eigenvalue weighted by atomic mass is 32.1. The van der Waals surface area contributed by atoms with Gasteiger partial charge in [-0.15, -0.1) is 11.3 Å². The molecule has 0 amide bonds.